The number of ether oxygens (including phenoxy) is 1. The van der Waals surface area contributed by atoms with Crippen LogP contribution in [0.4, 0.5) is 11.6 Å². The van der Waals surface area contributed by atoms with Gasteiger partial charge in [0.25, 0.3) is 11.7 Å². The minimum absolute atomic E-state index is 0.220. The molecule has 2 rings (SSSR count). The number of fused-ring (bicyclic) bond motifs is 1. The van der Waals surface area contributed by atoms with Crippen molar-refractivity contribution in [1.29, 1.82) is 0 Å². The van der Waals surface area contributed by atoms with E-state index in [4.69, 9.17) is 4.74 Å². The third-order valence-electron chi connectivity index (χ3n) is 3.38. The van der Waals surface area contributed by atoms with Crippen LogP contribution in [0.15, 0.2) is 12.1 Å². The Morgan fingerprint density at radius 2 is 2.09 bits per heavy atom. The topological polar surface area (TPSA) is 88.8 Å². The van der Waals surface area contributed by atoms with Gasteiger partial charge in [-0.25, -0.2) is 0 Å². The summed E-state index contributed by atoms with van der Waals surface area (Å²) in [5.41, 5.74) is -1.01. The number of rotatable bonds is 5. The number of amides is 1. The van der Waals surface area contributed by atoms with Crippen LogP contribution >= 0.6 is 0 Å². The van der Waals surface area contributed by atoms with Crippen LogP contribution in [0.1, 0.15) is 20.3 Å². The van der Waals surface area contributed by atoms with Crippen LogP contribution in [-0.4, -0.2) is 53.5 Å². The van der Waals surface area contributed by atoms with E-state index in [1.54, 1.807) is 13.8 Å². The first-order valence-electron chi connectivity index (χ1n) is 7.03. The number of pyridine rings is 1. The molecule has 0 aliphatic carbocycles. The van der Waals surface area contributed by atoms with Crippen LogP contribution in [-0.2, 0) is 4.79 Å². The fourth-order valence-electron chi connectivity index (χ4n) is 2.29. The van der Waals surface area contributed by atoms with Gasteiger partial charge in [-0.2, -0.15) is 0 Å². The van der Waals surface area contributed by atoms with Gasteiger partial charge in [-0.05, 0) is 56.9 Å². The smallest absolute Gasteiger partial charge is 0.366 e. The van der Waals surface area contributed by atoms with Crippen LogP contribution in [0, 0.1) is 10.1 Å². The van der Waals surface area contributed by atoms with E-state index in [1.807, 2.05) is 19.0 Å². The molecule has 0 radical (unpaired) electrons. The van der Waals surface area contributed by atoms with Gasteiger partial charge in [-0.1, -0.05) is 0 Å². The average Bonchev–Trinajstić information content (AvgIpc) is 2.41. The predicted molar refractivity (Wildman–Crippen MR) is 81.1 cm³/mol. The number of nitro groups is 1. The molecule has 0 aromatic carbocycles. The van der Waals surface area contributed by atoms with Crippen molar-refractivity contribution in [3.63, 3.8) is 0 Å². The summed E-state index contributed by atoms with van der Waals surface area (Å²) in [4.78, 5) is 30.3. The van der Waals surface area contributed by atoms with Crippen molar-refractivity contribution < 1.29 is 14.5 Å². The molecule has 0 N–H and O–H groups in total. The number of nitrogens with zero attached hydrogens (tertiary/aromatic N) is 4. The van der Waals surface area contributed by atoms with Crippen LogP contribution < -0.4 is 9.64 Å². The van der Waals surface area contributed by atoms with Gasteiger partial charge in [-0.15, -0.1) is 0 Å². The normalized spacial score (nSPS) is 16.4. The van der Waals surface area contributed by atoms with Crippen molar-refractivity contribution >= 4 is 17.5 Å². The zero-order valence-corrected chi connectivity index (χ0v) is 13.2. The van der Waals surface area contributed by atoms with E-state index < -0.39 is 10.5 Å². The predicted octanol–water partition coefficient (Wildman–Crippen LogP) is 1.45. The first-order chi connectivity index (χ1) is 10.2. The Kier molecular flexibility index (Phi) is 4.32. The van der Waals surface area contributed by atoms with Crippen molar-refractivity contribution in [2.75, 3.05) is 32.1 Å². The molecule has 1 aromatic rings. The monoisotopic (exact) mass is 308 g/mol. The number of anilines is 1. The third kappa shape index (κ3) is 3.16. The van der Waals surface area contributed by atoms with Gasteiger partial charge in [-0.3, -0.25) is 9.69 Å². The first-order valence-corrected chi connectivity index (χ1v) is 7.03. The van der Waals surface area contributed by atoms with E-state index in [2.05, 4.69) is 4.98 Å². The van der Waals surface area contributed by atoms with Gasteiger partial charge in [0.2, 0.25) is 0 Å². The highest BCUT2D eigenvalue weighted by Gasteiger charge is 2.44. The lowest BCUT2D eigenvalue weighted by Gasteiger charge is -2.36. The molecule has 0 unspecified atom stereocenters. The van der Waals surface area contributed by atoms with Crippen molar-refractivity contribution in [2.24, 2.45) is 0 Å². The second-order valence-corrected chi connectivity index (χ2v) is 5.97. The third-order valence-corrected chi connectivity index (χ3v) is 3.38. The second kappa shape index (κ2) is 5.88. The Balaban J connectivity index is 2.35. The van der Waals surface area contributed by atoms with Crippen LogP contribution in [0.25, 0.3) is 0 Å². The van der Waals surface area contributed by atoms with E-state index in [0.717, 1.165) is 13.0 Å². The van der Waals surface area contributed by atoms with E-state index in [1.165, 1.54) is 17.0 Å². The summed E-state index contributed by atoms with van der Waals surface area (Å²) < 4.78 is 5.64. The lowest BCUT2D eigenvalue weighted by Crippen LogP contribution is -2.53. The number of hydrogen-bond donors (Lipinski definition) is 0. The summed E-state index contributed by atoms with van der Waals surface area (Å²) >= 11 is 0. The molecule has 1 aromatic heterocycles. The quantitative estimate of drug-likeness (QED) is 0.604. The average molecular weight is 308 g/mol. The molecule has 0 spiro atoms. The Morgan fingerprint density at radius 1 is 1.41 bits per heavy atom. The van der Waals surface area contributed by atoms with E-state index >= 15 is 0 Å². The van der Waals surface area contributed by atoms with Crippen molar-refractivity contribution in [3.05, 3.63) is 22.2 Å². The summed E-state index contributed by atoms with van der Waals surface area (Å²) in [7, 11) is 3.89. The van der Waals surface area contributed by atoms with Crippen LogP contribution in [0.3, 0.4) is 0 Å². The first kappa shape index (κ1) is 16.2. The van der Waals surface area contributed by atoms with Crippen molar-refractivity contribution in [1.82, 2.24) is 9.88 Å². The fraction of sp³-hybridized carbons (Fsp3) is 0.571. The Labute approximate surface area is 128 Å². The Bertz CT molecular complexity index is 601. The number of hydrogen-bond acceptors (Lipinski definition) is 6. The molecule has 1 amide bonds. The molecule has 22 heavy (non-hydrogen) atoms. The molecule has 0 saturated heterocycles. The molecular formula is C14H20N4O4. The number of aromatic nitrogens is 1. The van der Waals surface area contributed by atoms with Gasteiger partial charge in [0, 0.05) is 12.6 Å². The zero-order valence-electron chi connectivity index (χ0n) is 13.2. The summed E-state index contributed by atoms with van der Waals surface area (Å²) in [6, 6.07) is 2.77. The maximum atomic E-state index is 12.5. The Hall–Kier alpha value is -2.22. The molecule has 8 heteroatoms. The molecular weight excluding hydrogens is 288 g/mol. The van der Waals surface area contributed by atoms with Crippen molar-refractivity contribution in [2.45, 2.75) is 25.9 Å². The lowest BCUT2D eigenvalue weighted by molar-refractivity contribution is -0.389. The van der Waals surface area contributed by atoms with Crippen LogP contribution in [0.2, 0.25) is 0 Å². The summed E-state index contributed by atoms with van der Waals surface area (Å²) in [5, 5.41) is 10.9. The van der Waals surface area contributed by atoms with Gasteiger partial charge in [0.1, 0.15) is 0 Å². The van der Waals surface area contributed by atoms with Crippen LogP contribution in [0.5, 0.6) is 5.75 Å². The van der Waals surface area contributed by atoms with E-state index in [9.17, 15) is 14.9 Å². The standard InChI is InChI=1S/C14H20N4O4/c1-14(2)13(19)17(9-5-8-16(3)4)12-10(22-14)6-7-11(15-12)18(20)21/h6-7H,5,8-9H2,1-4H3. The largest absolute Gasteiger partial charge is 0.472 e. The van der Waals surface area contributed by atoms with Gasteiger partial charge < -0.3 is 19.8 Å². The lowest BCUT2D eigenvalue weighted by atomic mass is 10.1. The highest BCUT2D eigenvalue weighted by molar-refractivity contribution is 6.01. The number of carbonyl (C=O) groups excluding carboxylic acids is 1. The molecule has 1 aliphatic heterocycles. The molecule has 1 aliphatic rings. The summed E-state index contributed by atoms with van der Waals surface area (Å²) in [6.07, 6.45) is 0.735. The van der Waals surface area contributed by atoms with E-state index in [0.29, 0.717) is 12.3 Å². The van der Waals surface area contributed by atoms with Gasteiger partial charge >= 0.3 is 5.82 Å². The molecule has 0 fully saturated rings. The molecule has 0 saturated carbocycles. The highest BCUT2D eigenvalue weighted by Crippen LogP contribution is 2.37. The Morgan fingerprint density at radius 3 is 2.68 bits per heavy atom. The molecule has 0 atom stereocenters. The number of carbonyl (C=O) groups is 1. The summed E-state index contributed by atoms with van der Waals surface area (Å²) in [5.74, 6) is 0.0663. The minimum atomic E-state index is -1.01. The van der Waals surface area contributed by atoms with Gasteiger partial charge in [0.15, 0.2) is 11.4 Å². The molecule has 120 valence electrons. The fourth-order valence-corrected chi connectivity index (χ4v) is 2.29. The molecule has 8 nitrogen and oxygen atoms in total. The van der Waals surface area contributed by atoms with Gasteiger partial charge in [0.05, 0.1) is 0 Å². The second-order valence-electron chi connectivity index (χ2n) is 5.97. The van der Waals surface area contributed by atoms with Crippen molar-refractivity contribution in [3.8, 4) is 5.75 Å². The highest BCUT2D eigenvalue weighted by atomic mass is 16.6. The molecule has 2 heterocycles. The zero-order chi connectivity index (χ0) is 16.5. The van der Waals surface area contributed by atoms with E-state index in [-0.39, 0.29) is 17.5 Å². The SMILES string of the molecule is CN(C)CCCN1C(=O)C(C)(C)Oc2ccc([N+](=O)[O-])nc21. The maximum Gasteiger partial charge on any atom is 0.366 e. The maximum absolute atomic E-state index is 12.5. The molecule has 0 bridgehead atoms. The summed E-state index contributed by atoms with van der Waals surface area (Å²) in [6.45, 7) is 4.59. The minimum Gasteiger partial charge on any atom is -0.472 e.